The Balaban J connectivity index is 2.16. The molecule has 0 aliphatic carbocycles. The third-order valence-electron chi connectivity index (χ3n) is 5.07. The minimum Gasteiger partial charge on any atom is -0.493 e. The van der Waals surface area contributed by atoms with E-state index in [1.165, 1.54) is 12.1 Å². The Bertz CT molecular complexity index is 793. The number of aliphatic carboxylic acids is 1. The molecule has 1 fully saturated rings. The fraction of sp³-hybridized carbons (Fsp3) is 0.381. The molecule has 2 unspecified atom stereocenters. The lowest BCUT2D eigenvalue weighted by Crippen LogP contribution is -2.46. The Morgan fingerprint density at radius 1 is 1.15 bits per heavy atom. The first-order valence-corrected chi connectivity index (χ1v) is 9.01. The Morgan fingerprint density at radius 3 is 2.52 bits per heavy atom. The molecule has 6 heteroatoms. The van der Waals surface area contributed by atoms with Crippen LogP contribution in [-0.2, 0) is 4.79 Å². The Labute approximate surface area is 158 Å². The quantitative estimate of drug-likeness (QED) is 0.833. The molecule has 2 aromatic carbocycles. The zero-order valence-electron chi connectivity index (χ0n) is 15.5. The number of likely N-dealkylation sites (tertiary alicyclic amines) is 1. The van der Waals surface area contributed by atoms with Crippen LogP contribution >= 0.6 is 0 Å². The molecular formula is C21H24FNO4. The molecule has 144 valence electrons. The van der Waals surface area contributed by atoms with Crippen molar-refractivity contribution in [2.75, 3.05) is 20.8 Å². The van der Waals surface area contributed by atoms with E-state index < -0.39 is 12.0 Å². The van der Waals surface area contributed by atoms with Crippen LogP contribution in [0.3, 0.4) is 0 Å². The summed E-state index contributed by atoms with van der Waals surface area (Å²) < 4.78 is 24.5. The number of halogens is 1. The van der Waals surface area contributed by atoms with Crippen molar-refractivity contribution in [3.05, 3.63) is 59.4 Å². The van der Waals surface area contributed by atoms with Crippen molar-refractivity contribution in [3.63, 3.8) is 0 Å². The lowest BCUT2D eigenvalue weighted by Gasteiger charge is -2.40. The summed E-state index contributed by atoms with van der Waals surface area (Å²) in [6.45, 7) is 0.638. The van der Waals surface area contributed by atoms with E-state index in [4.69, 9.17) is 9.47 Å². The number of hydrogen-bond donors (Lipinski definition) is 1. The molecule has 0 radical (unpaired) electrons. The molecule has 1 saturated heterocycles. The second-order valence-corrected chi connectivity index (χ2v) is 6.62. The summed E-state index contributed by atoms with van der Waals surface area (Å²) in [6.07, 6.45) is 2.37. The molecular weight excluding hydrogens is 349 g/mol. The Kier molecular flexibility index (Phi) is 5.96. The Morgan fingerprint density at radius 2 is 1.89 bits per heavy atom. The third-order valence-corrected chi connectivity index (χ3v) is 5.07. The Hall–Kier alpha value is -2.60. The molecule has 0 saturated carbocycles. The van der Waals surface area contributed by atoms with Gasteiger partial charge >= 0.3 is 5.97 Å². The first-order chi connectivity index (χ1) is 13.1. The second-order valence-electron chi connectivity index (χ2n) is 6.62. The van der Waals surface area contributed by atoms with Crippen LogP contribution in [0.5, 0.6) is 11.5 Å². The highest BCUT2D eigenvalue weighted by Crippen LogP contribution is 2.42. The van der Waals surface area contributed by atoms with Crippen LogP contribution in [0.2, 0.25) is 0 Å². The van der Waals surface area contributed by atoms with Crippen LogP contribution in [0.4, 0.5) is 4.39 Å². The van der Waals surface area contributed by atoms with Crippen molar-refractivity contribution in [2.45, 2.75) is 31.3 Å². The molecule has 0 spiro atoms. The predicted molar refractivity (Wildman–Crippen MR) is 99.8 cm³/mol. The van der Waals surface area contributed by atoms with Crippen LogP contribution in [-0.4, -0.2) is 42.8 Å². The van der Waals surface area contributed by atoms with Gasteiger partial charge in [0.15, 0.2) is 11.5 Å². The number of hydrogen-bond acceptors (Lipinski definition) is 4. The molecule has 0 aromatic heterocycles. The second kappa shape index (κ2) is 8.39. The number of carbonyl (C=O) groups is 1. The van der Waals surface area contributed by atoms with Gasteiger partial charge in [-0.15, -0.1) is 0 Å². The highest BCUT2D eigenvalue weighted by Gasteiger charge is 2.36. The standard InChI is InChI=1S/C21H24FNO4/c1-26-18-8-5-6-16(20(18)27-2)19(14-9-11-15(22)12-10-14)23-13-4-3-7-17(23)21(24)25/h5-6,8-12,17,19H,3-4,7,13H2,1-2H3,(H,24,25). The van der Waals surface area contributed by atoms with Gasteiger partial charge in [0, 0.05) is 5.56 Å². The molecule has 1 heterocycles. The zero-order valence-corrected chi connectivity index (χ0v) is 15.5. The van der Waals surface area contributed by atoms with Gasteiger partial charge in [-0.1, -0.05) is 30.7 Å². The van der Waals surface area contributed by atoms with Gasteiger partial charge in [-0.25, -0.2) is 4.39 Å². The molecule has 1 aliphatic heterocycles. The number of rotatable bonds is 6. The van der Waals surface area contributed by atoms with E-state index in [0.29, 0.717) is 24.5 Å². The first kappa shape index (κ1) is 19.2. The summed E-state index contributed by atoms with van der Waals surface area (Å²) in [5, 5.41) is 9.77. The number of nitrogens with zero attached hydrogens (tertiary/aromatic N) is 1. The smallest absolute Gasteiger partial charge is 0.320 e. The van der Waals surface area contributed by atoms with Gasteiger partial charge in [0.1, 0.15) is 11.9 Å². The molecule has 1 N–H and O–H groups in total. The van der Waals surface area contributed by atoms with E-state index in [0.717, 1.165) is 24.0 Å². The summed E-state index contributed by atoms with van der Waals surface area (Å²) in [7, 11) is 3.13. The molecule has 5 nitrogen and oxygen atoms in total. The van der Waals surface area contributed by atoms with E-state index in [2.05, 4.69) is 0 Å². The van der Waals surface area contributed by atoms with Crippen LogP contribution in [0, 0.1) is 5.82 Å². The number of para-hydroxylation sites is 1. The SMILES string of the molecule is COc1cccc(C(c2ccc(F)cc2)N2CCCCC2C(=O)O)c1OC. The predicted octanol–water partition coefficient (Wildman–Crippen LogP) is 3.87. The maximum atomic E-state index is 13.5. The van der Waals surface area contributed by atoms with Crippen molar-refractivity contribution in [1.29, 1.82) is 0 Å². The molecule has 0 amide bonds. The van der Waals surface area contributed by atoms with Crippen molar-refractivity contribution < 1.29 is 23.8 Å². The average Bonchev–Trinajstić information content (AvgIpc) is 2.69. The van der Waals surface area contributed by atoms with Gasteiger partial charge in [-0.2, -0.15) is 0 Å². The van der Waals surface area contributed by atoms with E-state index in [-0.39, 0.29) is 11.9 Å². The van der Waals surface area contributed by atoms with Gasteiger partial charge in [-0.05, 0) is 43.1 Å². The molecule has 1 aliphatic rings. The van der Waals surface area contributed by atoms with Crippen LogP contribution in [0.1, 0.15) is 36.4 Å². The van der Waals surface area contributed by atoms with E-state index in [9.17, 15) is 14.3 Å². The fourth-order valence-electron chi connectivity index (χ4n) is 3.85. The average molecular weight is 373 g/mol. The largest absolute Gasteiger partial charge is 0.493 e. The number of benzene rings is 2. The van der Waals surface area contributed by atoms with Crippen molar-refractivity contribution in [2.24, 2.45) is 0 Å². The van der Waals surface area contributed by atoms with Crippen LogP contribution in [0.15, 0.2) is 42.5 Å². The highest BCUT2D eigenvalue weighted by atomic mass is 19.1. The molecule has 27 heavy (non-hydrogen) atoms. The molecule has 3 rings (SSSR count). The van der Waals surface area contributed by atoms with Gasteiger partial charge in [0.25, 0.3) is 0 Å². The minimum atomic E-state index is -0.844. The number of carboxylic acid groups (broad SMARTS) is 1. The molecule has 0 bridgehead atoms. The number of ether oxygens (including phenoxy) is 2. The van der Waals surface area contributed by atoms with Crippen LogP contribution in [0.25, 0.3) is 0 Å². The summed E-state index contributed by atoms with van der Waals surface area (Å²) in [5.41, 5.74) is 1.62. The maximum Gasteiger partial charge on any atom is 0.320 e. The normalized spacial score (nSPS) is 18.7. The summed E-state index contributed by atoms with van der Waals surface area (Å²) in [6, 6.07) is 10.8. The van der Waals surface area contributed by atoms with Crippen molar-refractivity contribution in [3.8, 4) is 11.5 Å². The minimum absolute atomic E-state index is 0.330. The summed E-state index contributed by atoms with van der Waals surface area (Å²) in [4.78, 5) is 13.9. The fourth-order valence-corrected chi connectivity index (χ4v) is 3.85. The summed E-state index contributed by atoms with van der Waals surface area (Å²) >= 11 is 0. The zero-order chi connectivity index (χ0) is 19.4. The van der Waals surface area contributed by atoms with Gasteiger partial charge in [-0.3, -0.25) is 9.69 Å². The van der Waals surface area contributed by atoms with Gasteiger partial charge < -0.3 is 14.6 Å². The summed E-state index contributed by atoms with van der Waals surface area (Å²) in [5.74, 6) is -0.0396. The van der Waals surface area contributed by atoms with E-state index >= 15 is 0 Å². The number of carboxylic acids is 1. The first-order valence-electron chi connectivity index (χ1n) is 9.01. The topological polar surface area (TPSA) is 59.0 Å². The third kappa shape index (κ3) is 3.90. The maximum absolute atomic E-state index is 13.5. The van der Waals surface area contributed by atoms with Crippen molar-refractivity contribution in [1.82, 2.24) is 4.90 Å². The van der Waals surface area contributed by atoms with Gasteiger partial charge in [0.2, 0.25) is 0 Å². The number of piperidine rings is 1. The highest BCUT2D eigenvalue weighted by molar-refractivity contribution is 5.74. The molecule has 2 atom stereocenters. The molecule has 2 aromatic rings. The van der Waals surface area contributed by atoms with Crippen LogP contribution < -0.4 is 9.47 Å². The number of methoxy groups -OCH3 is 2. The van der Waals surface area contributed by atoms with Crippen molar-refractivity contribution >= 4 is 5.97 Å². The van der Waals surface area contributed by atoms with E-state index in [1.54, 1.807) is 32.4 Å². The van der Waals surface area contributed by atoms with Gasteiger partial charge in [0.05, 0.1) is 20.3 Å². The lowest BCUT2D eigenvalue weighted by atomic mass is 9.91. The monoisotopic (exact) mass is 373 g/mol. The van der Waals surface area contributed by atoms with E-state index in [1.807, 2.05) is 17.0 Å². The lowest BCUT2D eigenvalue weighted by molar-refractivity contribution is -0.145.